The maximum atomic E-state index is 12.9. The molecule has 0 amide bonds. The van der Waals surface area contributed by atoms with Gasteiger partial charge in [-0.3, -0.25) is 9.59 Å². The van der Waals surface area contributed by atoms with Gasteiger partial charge in [-0.15, -0.1) is 0 Å². The average molecular weight is 499 g/mol. The van der Waals surface area contributed by atoms with Crippen LogP contribution < -0.4 is 0 Å². The number of hydrogen-bond acceptors (Lipinski definition) is 3. The predicted octanol–water partition coefficient (Wildman–Crippen LogP) is 9.59. The van der Waals surface area contributed by atoms with E-state index in [1.807, 2.05) is 6.92 Å². The van der Waals surface area contributed by atoms with Crippen LogP contribution in [-0.2, 0) is 14.3 Å². The maximum absolute atomic E-state index is 12.9. The first-order chi connectivity index (χ1) is 17.3. The third-order valence-corrected chi connectivity index (χ3v) is 9.41. The van der Waals surface area contributed by atoms with Gasteiger partial charge in [0.1, 0.15) is 0 Å². The Morgan fingerprint density at radius 1 is 0.778 bits per heavy atom. The minimum atomic E-state index is -0.126. The van der Waals surface area contributed by atoms with Crippen molar-refractivity contribution in [2.24, 2.45) is 10.8 Å². The number of allylic oxidation sites excluding steroid dienone is 4. The zero-order valence-corrected chi connectivity index (χ0v) is 24.1. The normalized spacial score (nSPS) is 25.2. The number of unbranched alkanes of at least 4 members (excludes halogenated alkanes) is 14. The molecular weight excluding hydrogens is 444 g/mol. The summed E-state index contributed by atoms with van der Waals surface area (Å²) in [6.45, 7) is 9.23. The summed E-state index contributed by atoms with van der Waals surface area (Å²) in [6, 6.07) is 0. The van der Waals surface area contributed by atoms with Gasteiger partial charge in [-0.05, 0) is 44.6 Å². The number of rotatable bonds is 18. The first-order valence-electron chi connectivity index (χ1n) is 15.4. The zero-order chi connectivity index (χ0) is 26.0. The molecule has 0 spiro atoms. The highest BCUT2D eigenvalue weighted by atomic mass is 16.5. The molecule has 1 saturated carbocycles. The van der Waals surface area contributed by atoms with Crippen molar-refractivity contribution in [2.45, 2.75) is 156 Å². The molecule has 0 radical (unpaired) electrons. The minimum Gasteiger partial charge on any atom is -0.465 e. The molecule has 3 aliphatic carbocycles. The highest BCUT2D eigenvalue weighted by Gasteiger charge is 2.53. The van der Waals surface area contributed by atoms with Crippen LogP contribution in [0.15, 0.2) is 22.3 Å². The standard InChI is InChI=1S/C33H54O3/c1-5-6-7-8-9-10-11-12-13-14-15-16-17-18-19-20-30(34)36-25-32(3)23-27-29(24-32)33(4)22-21-28(33)26(2)31(27)35/h5-25H2,1-4H3. The van der Waals surface area contributed by atoms with Gasteiger partial charge in [0.2, 0.25) is 0 Å². The molecule has 2 atom stereocenters. The van der Waals surface area contributed by atoms with E-state index in [-0.39, 0.29) is 22.6 Å². The molecule has 1 fully saturated rings. The second kappa shape index (κ2) is 14.0. The minimum absolute atomic E-state index is 0.0630. The fraction of sp³-hybridized carbons (Fsp3) is 0.818. The fourth-order valence-corrected chi connectivity index (χ4v) is 6.87. The van der Waals surface area contributed by atoms with Crippen LogP contribution in [0.25, 0.3) is 0 Å². The molecular formula is C33H54O3. The lowest BCUT2D eigenvalue weighted by Gasteiger charge is -2.47. The molecule has 3 aliphatic rings. The number of esters is 1. The summed E-state index contributed by atoms with van der Waals surface area (Å²) in [4.78, 5) is 25.3. The van der Waals surface area contributed by atoms with Crippen molar-refractivity contribution in [3.8, 4) is 0 Å². The predicted molar refractivity (Wildman–Crippen MR) is 150 cm³/mol. The van der Waals surface area contributed by atoms with Gasteiger partial charge in [-0.25, -0.2) is 0 Å². The number of carbonyl (C=O) groups excluding carboxylic acids is 2. The van der Waals surface area contributed by atoms with Crippen LogP contribution in [0.2, 0.25) is 0 Å². The second-order valence-corrected chi connectivity index (χ2v) is 12.7. The molecule has 36 heavy (non-hydrogen) atoms. The number of fused-ring (bicyclic) bond motifs is 2. The molecule has 3 nitrogen and oxygen atoms in total. The van der Waals surface area contributed by atoms with Gasteiger partial charge in [-0.1, -0.05) is 122 Å². The molecule has 3 rings (SSSR count). The molecule has 0 aromatic rings. The van der Waals surface area contributed by atoms with Crippen molar-refractivity contribution in [3.05, 3.63) is 22.3 Å². The molecule has 204 valence electrons. The van der Waals surface area contributed by atoms with E-state index in [1.54, 1.807) is 0 Å². The Morgan fingerprint density at radius 3 is 1.81 bits per heavy atom. The van der Waals surface area contributed by atoms with Gasteiger partial charge in [0.25, 0.3) is 0 Å². The van der Waals surface area contributed by atoms with Crippen LogP contribution in [0.4, 0.5) is 0 Å². The lowest BCUT2D eigenvalue weighted by Crippen LogP contribution is -2.37. The van der Waals surface area contributed by atoms with Crippen LogP contribution in [0.3, 0.4) is 0 Å². The molecule has 0 saturated heterocycles. The second-order valence-electron chi connectivity index (χ2n) is 12.7. The van der Waals surface area contributed by atoms with E-state index in [4.69, 9.17) is 4.74 Å². The van der Waals surface area contributed by atoms with Crippen molar-refractivity contribution >= 4 is 11.8 Å². The summed E-state index contributed by atoms with van der Waals surface area (Å²) in [5.74, 6) is 0.192. The Kier molecular flexibility index (Phi) is 11.3. The summed E-state index contributed by atoms with van der Waals surface area (Å²) in [5.41, 5.74) is 4.69. The Hall–Kier alpha value is -1.38. The zero-order valence-electron chi connectivity index (χ0n) is 24.1. The molecule has 0 aromatic heterocycles. The van der Waals surface area contributed by atoms with E-state index >= 15 is 0 Å². The molecule has 0 heterocycles. The van der Waals surface area contributed by atoms with Crippen LogP contribution >= 0.6 is 0 Å². The van der Waals surface area contributed by atoms with Gasteiger partial charge in [0, 0.05) is 22.8 Å². The molecule has 0 aromatic carbocycles. The number of Topliss-reactive ketones (excluding diaryl/α,β-unsaturated/α-hetero) is 1. The van der Waals surface area contributed by atoms with Crippen molar-refractivity contribution in [2.75, 3.05) is 6.61 Å². The van der Waals surface area contributed by atoms with E-state index in [0.29, 0.717) is 13.0 Å². The Bertz CT molecular complexity index is 819. The molecule has 0 aliphatic heterocycles. The topological polar surface area (TPSA) is 43.4 Å². The van der Waals surface area contributed by atoms with Gasteiger partial charge in [0.05, 0.1) is 6.61 Å². The molecule has 3 heteroatoms. The average Bonchev–Trinajstić information content (AvgIpc) is 3.21. The smallest absolute Gasteiger partial charge is 0.305 e. The van der Waals surface area contributed by atoms with Crippen LogP contribution in [0, 0.1) is 10.8 Å². The van der Waals surface area contributed by atoms with Crippen LogP contribution in [0.1, 0.15) is 156 Å². The third-order valence-electron chi connectivity index (χ3n) is 9.41. The van der Waals surface area contributed by atoms with Crippen LogP contribution in [-0.4, -0.2) is 18.4 Å². The SMILES string of the molecule is CCCCCCCCCCCCCCCCCC(=O)OCC1(C)CC2=C(C1)C1(C)CCC1=C(C)C2=O. The van der Waals surface area contributed by atoms with Crippen molar-refractivity contribution in [1.29, 1.82) is 0 Å². The number of hydrogen-bond donors (Lipinski definition) is 0. The summed E-state index contributed by atoms with van der Waals surface area (Å²) < 4.78 is 5.74. The van der Waals surface area contributed by atoms with Crippen molar-refractivity contribution in [1.82, 2.24) is 0 Å². The van der Waals surface area contributed by atoms with E-state index < -0.39 is 0 Å². The summed E-state index contributed by atoms with van der Waals surface area (Å²) in [7, 11) is 0. The van der Waals surface area contributed by atoms with Gasteiger partial charge >= 0.3 is 5.97 Å². The number of carbonyl (C=O) groups is 2. The van der Waals surface area contributed by atoms with Crippen LogP contribution in [0.5, 0.6) is 0 Å². The fourth-order valence-electron chi connectivity index (χ4n) is 6.87. The van der Waals surface area contributed by atoms with E-state index in [1.165, 1.54) is 94.6 Å². The lowest BCUT2D eigenvalue weighted by atomic mass is 9.56. The molecule has 0 N–H and O–H groups in total. The third kappa shape index (κ3) is 7.57. The van der Waals surface area contributed by atoms with E-state index in [2.05, 4.69) is 20.8 Å². The van der Waals surface area contributed by atoms with Crippen molar-refractivity contribution < 1.29 is 14.3 Å². The van der Waals surface area contributed by atoms with Crippen molar-refractivity contribution in [3.63, 3.8) is 0 Å². The quantitative estimate of drug-likeness (QED) is 0.139. The molecule has 2 unspecified atom stereocenters. The highest BCUT2D eigenvalue weighted by molar-refractivity contribution is 6.11. The Labute approximate surface area is 221 Å². The number of ketones is 1. The Balaban J connectivity index is 1.18. The van der Waals surface area contributed by atoms with E-state index in [9.17, 15) is 9.59 Å². The van der Waals surface area contributed by atoms with Gasteiger partial charge in [0.15, 0.2) is 5.78 Å². The monoisotopic (exact) mass is 498 g/mol. The summed E-state index contributed by atoms with van der Waals surface area (Å²) >= 11 is 0. The van der Waals surface area contributed by atoms with E-state index in [0.717, 1.165) is 49.7 Å². The first kappa shape index (κ1) is 29.2. The maximum Gasteiger partial charge on any atom is 0.305 e. The largest absolute Gasteiger partial charge is 0.465 e. The highest BCUT2D eigenvalue weighted by Crippen LogP contribution is 2.62. The lowest BCUT2D eigenvalue weighted by molar-refractivity contribution is -0.147. The van der Waals surface area contributed by atoms with Gasteiger partial charge < -0.3 is 4.74 Å². The Morgan fingerprint density at radius 2 is 1.31 bits per heavy atom. The summed E-state index contributed by atoms with van der Waals surface area (Å²) in [5, 5.41) is 0. The summed E-state index contributed by atoms with van der Waals surface area (Å²) in [6.07, 6.45) is 24.4. The first-order valence-corrected chi connectivity index (χ1v) is 15.4. The van der Waals surface area contributed by atoms with Gasteiger partial charge in [-0.2, -0.15) is 0 Å². The number of ether oxygens (including phenoxy) is 1. The molecule has 0 bridgehead atoms.